The average molecular weight is 389 g/mol. The molecular formula is C24H27N3O2. The molecular weight excluding hydrogens is 362 g/mol. The van der Waals surface area contributed by atoms with Crippen LogP contribution >= 0.6 is 0 Å². The molecule has 1 N–H and O–H groups in total. The van der Waals surface area contributed by atoms with Gasteiger partial charge in [0.2, 0.25) is 5.91 Å². The second-order valence-corrected chi connectivity index (χ2v) is 7.57. The number of carbonyl (C=O) groups is 1. The highest BCUT2D eigenvalue weighted by Crippen LogP contribution is 2.30. The first-order chi connectivity index (χ1) is 14.2. The van der Waals surface area contributed by atoms with Crippen molar-refractivity contribution in [2.24, 2.45) is 0 Å². The molecule has 5 heteroatoms. The zero-order valence-electron chi connectivity index (χ0n) is 16.8. The van der Waals surface area contributed by atoms with Gasteiger partial charge in [0.15, 0.2) is 0 Å². The van der Waals surface area contributed by atoms with Gasteiger partial charge in [0.25, 0.3) is 0 Å². The van der Waals surface area contributed by atoms with Crippen molar-refractivity contribution in [2.75, 3.05) is 6.61 Å². The number of benzene rings is 2. The minimum atomic E-state index is 0.0206. The van der Waals surface area contributed by atoms with Gasteiger partial charge in [-0.05, 0) is 43.4 Å². The fourth-order valence-corrected chi connectivity index (χ4v) is 3.90. The molecule has 150 valence electrons. The number of carbonyl (C=O) groups excluding carboxylic acids is 1. The van der Waals surface area contributed by atoms with Crippen molar-refractivity contribution in [3.05, 3.63) is 83.2 Å². The van der Waals surface area contributed by atoms with E-state index in [2.05, 4.69) is 27.2 Å². The van der Waals surface area contributed by atoms with Crippen LogP contribution < -0.4 is 10.1 Å². The number of hydrogen-bond acceptors (Lipinski definition) is 3. The Hall–Kier alpha value is -3.08. The summed E-state index contributed by atoms with van der Waals surface area (Å²) in [7, 11) is 0. The molecule has 1 aliphatic carbocycles. The van der Waals surface area contributed by atoms with E-state index in [1.807, 2.05) is 55.6 Å². The van der Waals surface area contributed by atoms with E-state index in [1.165, 1.54) is 11.3 Å². The monoisotopic (exact) mass is 389 g/mol. The van der Waals surface area contributed by atoms with Crippen LogP contribution in [0.5, 0.6) is 5.75 Å². The number of hydrogen-bond donors (Lipinski definition) is 1. The van der Waals surface area contributed by atoms with E-state index < -0.39 is 0 Å². The summed E-state index contributed by atoms with van der Waals surface area (Å²) < 4.78 is 7.83. The molecule has 1 aromatic heterocycles. The number of para-hydroxylation sites is 1. The lowest BCUT2D eigenvalue weighted by Gasteiger charge is -2.24. The van der Waals surface area contributed by atoms with Gasteiger partial charge in [-0.2, -0.15) is 5.10 Å². The van der Waals surface area contributed by atoms with Gasteiger partial charge in [-0.1, -0.05) is 48.5 Å². The maximum Gasteiger partial charge on any atom is 0.223 e. The lowest BCUT2D eigenvalue weighted by atomic mass is 9.92. The summed E-state index contributed by atoms with van der Waals surface area (Å²) in [5.41, 5.74) is 4.70. The average Bonchev–Trinajstić information content (AvgIpc) is 3.14. The van der Waals surface area contributed by atoms with Gasteiger partial charge in [0.05, 0.1) is 31.8 Å². The summed E-state index contributed by atoms with van der Waals surface area (Å²) in [6.07, 6.45) is 5.28. The minimum Gasteiger partial charge on any atom is -0.493 e. The molecule has 0 saturated carbocycles. The van der Waals surface area contributed by atoms with Gasteiger partial charge in [-0.15, -0.1) is 0 Å². The van der Waals surface area contributed by atoms with Crippen molar-refractivity contribution < 1.29 is 9.53 Å². The first kappa shape index (κ1) is 19.2. The Morgan fingerprint density at radius 3 is 2.79 bits per heavy atom. The number of nitrogens with one attached hydrogen (secondary N) is 1. The van der Waals surface area contributed by atoms with E-state index >= 15 is 0 Å². The van der Waals surface area contributed by atoms with Crippen molar-refractivity contribution >= 4 is 5.91 Å². The molecule has 0 radical (unpaired) electrons. The Kier molecular flexibility index (Phi) is 5.94. The molecule has 1 unspecified atom stereocenters. The first-order valence-electron chi connectivity index (χ1n) is 10.3. The summed E-state index contributed by atoms with van der Waals surface area (Å²) in [6.45, 7) is 3.15. The normalized spacial score (nSPS) is 15.6. The lowest BCUT2D eigenvalue weighted by Crippen LogP contribution is -2.31. The molecule has 1 atom stereocenters. The van der Waals surface area contributed by atoms with E-state index in [0.29, 0.717) is 13.0 Å². The zero-order chi connectivity index (χ0) is 20.1. The van der Waals surface area contributed by atoms with Crippen LogP contribution in [0.1, 0.15) is 47.7 Å². The molecule has 5 nitrogen and oxygen atoms in total. The fourth-order valence-electron chi connectivity index (χ4n) is 3.90. The van der Waals surface area contributed by atoms with E-state index in [1.54, 1.807) is 0 Å². The standard InChI is InChI=1S/C24H27N3O2/c1-18-8-5-6-13-23(18)29-15-14-24(28)26-21-11-7-12-22-20(21)16-25-27(22)17-19-9-3-2-4-10-19/h2-6,8-10,13,16,21H,7,11-12,14-15,17H2,1H3,(H,26,28). The van der Waals surface area contributed by atoms with Gasteiger partial charge < -0.3 is 10.1 Å². The van der Waals surface area contributed by atoms with Crippen molar-refractivity contribution in [2.45, 2.75) is 45.2 Å². The Bertz CT molecular complexity index is 965. The van der Waals surface area contributed by atoms with E-state index in [-0.39, 0.29) is 11.9 Å². The predicted molar refractivity (Wildman–Crippen MR) is 113 cm³/mol. The summed E-state index contributed by atoms with van der Waals surface area (Å²) in [6, 6.07) is 18.3. The largest absolute Gasteiger partial charge is 0.493 e. The number of nitrogens with zero attached hydrogens (tertiary/aromatic N) is 2. The second kappa shape index (κ2) is 8.95. The van der Waals surface area contributed by atoms with Crippen LogP contribution in [-0.4, -0.2) is 22.3 Å². The third-order valence-electron chi connectivity index (χ3n) is 5.45. The summed E-state index contributed by atoms with van der Waals surface area (Å²) in [4.78, 5) is 12.5. The molecule has 0 aliphatic heterocycles. The smallest absolute Gasteiger partial charge is 0.223 e. The third-order valence-corrected chi connectivity index (χ3v) is 5.45. The Labute approximate surface area is 171 Å². The van der Waals surface area contributed by atoms with Gasteiger partial charge >= 0.3 is 0 Å². The molecule has 3 aromatic rings. The maximum absolute atomic E-state index is 12.5. The number of amides is 1. The van der Waals surface area contributed by atoms with Crippen molar-refractivity contribution in [3.63, 3.8) is 0 Å². The molecule has 0 fully saturated rings. The predicted octanol–water partition coefficient (Wildman–Crippen LogP) is 4.20. The summed E-state index contributed by atoms with van der Waals surface area (Å²) in [5, 5.41) is 7.78. The summed E-state index contributed by atoms with van der Waals surface area (Å²) >= 11 is 0. The fraction of sp³-hybridized carbons (Fsp3) is 0.333. The van der Waals surface area contributed by atoms with Gasteiger partial charge in [0, 0.05) is 11.3 Å². The Morgan fingerprint density at radius 1 is 1.17 bits per heavy atom. The molecule has 1 amide bonds. The van der Waals surface area contributed by atoms with Gasteiger partial charge in [-0.3, -0.25) is 9.48 Å². The number of aryl methyl sites for hydroxylation is 1. The van der Waals surface area contributed by atoms with Crippen LogP contribution in [0.2, 0.25) is 0 Å². The highest BCUT2D eigenvalue weighted by Gasteiger charge is 2.25. The third kappa shape index (κ3) is 4.67. The Balaban J connectivity index is 1.34. The van der Waals surface area contributed by atoms with Crippen LogP contribution in [0.3, 0.4) is 0 Å². The molecule has 1 aliphatic rings. The zero-order valence-corrected chi connectivity index (χ0v) is 16.8. The van der Waals surface area contributed by atoms with E-state index in [0.717, 1.165) is 42.7 Å². The van der Waals surface area contributed by atoms with Gasteiger partial charge in [-0.25, -0.2) is 0 Å². The first-order valence-corrected chi connectivity index (χ1v) is 10.3. The molecule has 0 spiro atoms. The summed E-state index contributed by atoms with van der Waals surface area (Å²) in [5.74, 6) is 0.856. The van der Waals surface area contributed by atoms with Crippen LogP contribution in [0.25, 0.3) is 0 Å². The quantitative estimate of drug-likeness (QED) is 0.659. The SMILES string of the molecule is Cc1ccccc1OCCC(=O)NC1CCCc2c1cnn2Cc1ccccc1. The number of fused-ring (bicyclic) bond motifs is 1. The van der Waals surface area contributed by atoms with E-state index in [9.17, 15) is 4.79 Å². The van der Waals surface area contributed by atoms with Crippen LogP contribution in [0, 0.1) is 6.92 Å². The molecule has 0 saturated heterocycles. The van der Waals surface area contributed by atoms with Gasteiger partial charge in [0.1, 0.15) is 5.75 Å². The molecule has 1 heterocycles. The number of ether oxygens (including phenoxy) is 1. The highest BCUT2D eigenvalue weighted by atomic mass is 16.5. The second-order valence-electron chi connectivity index (χ2n) is 7.57. The Morgan fingerprint density at radius 2 is 1.97 bits per heavy atom. The molecule has 2 aromatic carbocycles. The molecule has 0 bridgehead atoms. The van der Waals surface area contributed by atoms with Crippen molar-refractivity contribution in [3.8, 4) is 5.75 Å². The number of rotatable bonds is 7. The van der Waals surface area contributed by atoms with E-state index in [4.69, 9.17) is 4.74 Å². The highest BCUT2D eigenvalue weighted by molar-refractivity contribution is 5.76. The number of aromatic nitrogens is 2. The molecule has 29 heavy (non-hydrogen) atoms. The lowest BCUT2D eigenvalue weighted by molar-refractivity contribution is -0.122. The van der Waals surface area contributed by atoms with Crippen LogP contribution in [0.15, 0.2) is 60.8 Å². The minimum absolute atomic E-state index is 0.0206. The van der Waals surface area contributed by atoms with Crippen LogP contribution in [-0.2, 0) is 17.8 Å². The van der Waals surface area contributed by atoms with Crippen LogP contribution in [0.4, 0.5) is 0 Å². The van der Waals surface area contributed by atoms with Crippen molar-refractivity contribution in [1.29, 1.82) is 0 Å². The van der Waals surface area contributed by atoms with Crippen molar-refractivity contribution in [1.82, 2.24) is 15.1 Å². The maximum atomic E-state index is 12.5. The molecule has 4 rings (SSSR count). The topological polar surface area (TPSA) is 56.1 Å².